The zero-order valence-corrected chi connectivity index (χ0v) is 15.4. The van der Waals surface area contributed by atoms with Crippen LogP contribution in [0.5, 0.6) is 0 Å². The number of nitrogens with one attached hydrogen (secondary N) is 1. The van der Waals surface area contributed by atoms with E-state index in [1.807, 2.05) is 30.3 Å². The van der Waals surface area contributed by atoms with Crippen molar-refractivity contribution in [2.24, 2.45) is 5.92 Å². The molecule has 2 aromatic carbocycles. The molecule has 1 N–H and O–H groups in total. The maximum absolute atomic E-state index is 12.6. The van der Waals surface area contributed by atoms with Gasteiger partial charge in [0.2, 0.25) is 0 Å². The molecule has 2 atom stereocenters. The minimum atomic E-state index is -4.32. The first-order chi connectivity index (χ1) is 12.4. The molecule has 146 valence electrons. The molecule has 0 amide bonds. The maximum atomic E-state index is 12.6. The predicted molar refractivity (Wildman–Crippen MR) is 98.5 cm³/mol. The molecular weight excluding hydrogens is 379 g/mol. The number of halogens is 4. The molecule has 3 nitrogen and oxygen atoms in total. The highest BCUT2D eigenvalue weighted by atomic mass is 35.5. The molecule has 1 fully saturated rings. The van der Waals surface area contributed by atoms with E-state index in [0.29, 0.717) is 19.4 Å². The highest BCUT2D eigenvalue weighted by Crippen LogP contribution is 2.30. The zero-order chi connectivity index (χ0) is 18.6. The minimum Gasteiger partial charge on any atom is -0.460 e. The van der Waals surface area contributed by atoms with Gasteiger partial charge in [0, 0.05) is 0 Å². The van der Waals surface area contributed by atoms with Crippen LogP contribution in [-0.4, -0.2) is 18.6 Å². The van der Waals surface area contributed by atoms with Crippen molar-refractivity contribution in [2.75, 3.05) is 6.54 Å². The van der Waals surface area contributed by atoms with Crippen LogP contribution in [0.25, 0.3) is 0 Å². The fourth-order valence-electron chi connectivity index (χ4n) is 3.14. The van der Waals surface area contributed by atoms with Gasteiger partial charge in [-0.25, -0.2) is 0 Å². The molecule has 0 spiro atoms. The van der Waals surface area contributed by atoms with Crippen molar-refractivity contribution >= 4 is 18.4 Å². The van der Waals surface area contributed by atoms with E-state index in [-0.39, 0.29) is 36.9 Å². The molecule has 1 aliphatic rings. The predicted octanol–water partition coefficient (Wildman–Crippen LogP) is 4.39. The SMILES string of the molecule is Cl.O=C(OCc1ccccc1)[C@H]1CC(Cc2ccc(C(F)(F)F)cc2)CN1. The number of benzene rings is 2. The Labute approximate surface area is 162 Å². The number of rotatable bonds is 5. The molecule has 3 rings (SSSR count). The Morgan fingerprint density at radius 3 is 2.33 bits per heavy atom. The Hall–Kier alpha value is -2.05. The topological polar surface area (TPSA) is 38.3 Å². The fourth-order valence-corrected chi connectivity index (χ4v) is 3.14. The van der Waals surface area contributed by atoms with Crippen LogP contribution < -0.4 is 5.32 Å². The molecule has 1 aliphatic heterocycles. The zero-order valence-electron chi connectivity index (χ0n) is 14.5. The second-order valence-corrected chi connectivity index (χ2v) is 6.55. The minimum absolute atomic E-state index is 0. The molecule has 27 heavy (non-hydrogen) atoms. The largest absolute Gasteiger partial charge is 0.460 e. The first-order valence-electron chi connectivity index (χ1n) is 8.52. The van der Waals surface area contributed by atoms with Crippen LogP contribution >= 0.6 is 12.4 Å². The van der Waals surface area contributed by atoms with Crippen molar-refractivity contribution in [1.82, 2.24) is 5.32 Å². The summed E-state index contributed by atoms with van der Waals surface area (Å²) in [7, 11) is 0. The second kappa shape index (κ2) is 9.24. The van der Waals surface area contributed by atoms with Crippen LogP contribution in [0, 0.1) is 5.92 Å². The van der Waals surface area contributed by atoms with Crippen LogP contribution in [0.3, 0.4) is 0 Å². The lowest BCUT2D eigenvalue weighted by Crippen LogP contribution is -2.32. The fraction of sp³-hybridized carbons (Fsp3) is 0.350. The highest BCUT2D eigenvalue weighted by Gasteiger charge is 2.32. The summed E-state index contributed by atoms with van der Waals surface area (Å²) in [6.07, 6.45) is -3.07. The normalized spacial score (nSPS) is 19.4. The Kier molecular flexibility index (Phi) is 7.27. The van der Waals surface area contributed by atoms with Crippen molar-refractivity contribution in [2.45, 2.75) is 31.7 Å². The van der Waals surface area contributed by atoms with Gasteiger partial charge in [0.15, 0.2) is 0 Å². The van der Waals surface area contributed by atoms with Gasteiger partial charge in [0.05, 0.1) is 5.56 Å². The standard InChI is InChI=1S/C20H20F3NO2.ClH/c21-20(22,23)17-8-6-14(7-9-17)10-16-11-18(24-12-16)19(25)26-13-15-4-2-1-3-5-15;/h1-9,16,18,24H,10-13H2;1H/t16?,18-;/m1./s1. The van der Waals surface area contributed by atoms with Crippen molar-refractivity contribution in [3.8, 4) is 0 Å². The molecule has 0 radical (unpaired) electrons. The lowest BCUT2D eigenvalue weighted by Gasteiger charge is -2.12. The van der Waals surface area contributed by atoms with Gasteiger partial charge >= 0.3 is 12.1 Å². The lowest BCUT2D eigenvalue weighted by molar-refractivity contribution is -0.147. The summed E-state index contributed by atoms with van der Waals surface area (Å²) in [5.74, 6) is -0.0928. The average molecular weight is 400 g/mol. The number of ether oxygens (including phenoxy) is 1. The van der Waals surface area contributed by atoms with E-state index >= 15 is 0 Å². The van der Waals surface area contributed by atoms with E-state index < -0.39 is 11.7 Å². The van der Waals surface area contributed by atoms with E-state index in [1.54, 1.807) is 0 Å². The van der Waals surface area contributed by atoms with E-state index in [1.165, 1.54) is 12.1 Å². The number of alkyl halides is 3. The number of hydrogen-bond acceptors (Lipinski definition) is 3. The van der Waals surface area contributed by atoms with Crippen molar-refractivity contribution in [3.63, 3.8) is 0 Å². The molecule has 0 saturated carbocycles. The second-order valence-electron chi connectivity index (χ2n) is 6.55. The first kappa shape index (κ1) is 21.3. The van der Waals surface area contributed by atoms with Gasteiger partial charge in [-0.1, -0.05) is 42.5 Å². The third-order valence-electron chi connectivity index (χ3n) is 4.54. The molecule has 1 saturated heterocycles. The van der Waals surface area contributed by atoms with Crippen LogP contribution in [0.4, 0.5) is 13.2 Å². The summed E-state index contributed by atoms with van der Waals surface area (Å²) < 4.78 is 43.1. The number of hydrogen-bond donors (Lipinski definition) is 1. The van der Waals surface area contributed by atoms with Gasteiger partial charge in [0.25, 0.3) is 0 Å². The van der Waals surface area contributed by atoms with Gasteiger partial charge in [-0.05, 0) is 48.6 Å². The summed E-state index contributed by atoms with van der Waals surface area (Å²) in [5.41, 5.74) is 1.12. The van der Waals surface area contributed by atoms with Crippen LogP contribution in [-0.2, 0) is 28.7 Å². The number of carbonyl (C=O) groups is 1. The Bertz CT molecular complexity index is 735. The van der Waals surface area contributed by atoms with Gasteiger partial charge in [-0.15, -0.1) is 12.4 Å². The van der Waals surface area contributed by atoms with E-state index in [4.69, 9.17) is 4.74 Å². The molecule has 2 aromatic rings. The van der Waals surface area contributed by atoms with Crippen molar-refractivity contribution in [1.29, 1.82) is 0 Å². The Balaban J connectivity index is 0.00000261. The maximum Gasteiger partial charge on any atom is 0.416 e. The molecule has 7 heteroatoms. The molecule has 0 bridgehead atoms. The highest BCUT2D eigenvalue weighted by molar-refractivity contribution is 5.85. The Morgan fingerprint density at radius 2 is 1.70 bits per heavy atom. The summed E-state index contributed by atoms with van der Waals surface area (Å²) in [4.78, 5) is 12.2. The average Bonchev–Trinajstić information content (AvgIpc) is 3.09. The molecule has 1 heterocycles. The lowest BCUT2D eigenvalue weighted by atomic mass is 9.96. The number of carbonyl (C=O) groups excluding carboxylic acids is 1. The summed E-state index contributed by atoms with van der Waals surface area (Å²) in [5, 5.41) is 3.14. The van der Waals surface area contributed by atoms with Gasteiger partial charge in [-0.3, -0.25) is 4.79 Å². The number of esters is 1. The van der Waals surface area contributed by atoms with E-state index in [9.17, 15) is 18.0 Å². The summed E-state index contributed by atoms with van der Waals surface area (Å²) in [6.45, 7) is 0.882. The molecular formula is C20H21ClF3NO2. The third kappa shape index (κ3) is 5.97. The van der Waals surface area contributed by atoms with E-state index in [2.05, 4.69) is 5.32 Å². The summed E-state index contributed by atoms with van der Waals surface area (Å²) in [6, 6.07) is 14.3. The molecule has 0 aliphatic carbocycles. The molecule has 0 aromatic heterocycles. The van der Waals surface area contributed by atoms with Crippen molar-refractivity contribution < 1.29 is 22.7 Å². The third-order valence-corrected chi connectivity index (χ3v) is 4.54. The summed E-state index contributed by atoms with van der Waals surface area (Å²) >= 11 is 0. The van der Waals surface area contributed by atoms with Crippen molar-refractivity contribution in [3.05, 3.63) is 71.3 Å². The van der Waals surface area contributed by atoms with Gasteiger partial charge in [-0.2, -0.15) is 13.2 Å². The first-order valence-corrected chi connectivity index (χ1v) is 8.52. The van der Waals surface area contributed by atoms with Crippen LogP contribution in [0.1, 0.15) is 23.1 Å². The monoisotopic (exact) mass is 399 g/mol. The van der Waals surface area contributed by atoms with Crippen LogP contribution in [0.2, 0.25) is 0 Å². The van der Waals surface area contributed by atoms with E-state index in [0.717, 1.165) is 23.3 Å². The smallest absolute Gasteiger partial charge is 0.416 e. The van der Waals surface area contributed by atoms with Gasteiger partial charge in [0.1, 0.15) is 12.6 Å². The quantitative estimate of drug-likeness (QED) is 0.758. The molecule has 1 unspecified atom stereocenters. The van der Waals surface area contributed by atoms with Gasteiger partial charge < -0.3 is 10.1 Å². The Morgan fingerprint density at radius 1 is 1.04 bits per heavy atom. The van der Waals surface area contributed by atoms with Crippen LogP contribution in [0.15, 0.2) is 54.6 Å².